The first-order valence-corrected chi connectivity index (χ1v) is 6.36. The highest BCUT2D eigenvalue weighted by molar-refractivity contribution is 14.1. The Morgan fingerprint density at radius 1 is 1.29 bits per heavy atom. The third-order valence-corrected chi connectivity index (χ3v) is 3.40. The highest BCUT2D eigenvalue weighted by Gasteiger charge is 2.12. The molecule has 0 atom stereocenters. The van der Waals surface area contributed by atoms with Crippen LogP contribution in [0.4, 0.5) is 5.69 Å². The number of benzene rings is 1. The number of rotatable bonds is 2. The molecular weight excluding hydrogens is 285 g/mol. The number of nitrogens with one attached hydrogen (secondary N) is 1. The van der Waals surface area contributed by atoms with Gasteiger partial charge >= 0.3 is 0 Å². The SMILES string of the molecule is Ic1cc[c]c(NC2CCCCC2)c1. The van der Waals surface area contributed by atoms with Crippen LogP contribution in [0.25, 0.3) is 0 Å². The predicted octanol–water partition coefficient (Wildman–Crippen LogP) is 3.84. The van der Waals surface area contributed by atoms with Crippen LogP contribution in [0.3, 0.4) is 0 Å². The molecule has 0 heterocycles. The molecule has 1 radical (unpaired) electrons. The number of halogens is 1. The molecule has 0 spiro atoms. The summed E-state index contributed by atoms with van der Waals surface area (Å²) in [5, 5.41) is 3.56. The van der Waals surface area contributed by atoms with Crippen molar-refractivity contribution in [1.82, 2.24) is 0 Å². The summed E-state index contributed by atoms with van der Waals surface area (Å²) in [7, 11) is 0. The van der Waals surface area contributed by atoms with Crippen LogP contribution in [0.15, 0.2) is 18.2 Å². The zero-order valence-corrected chi connectivity index (χ0v) is 10.4. The molecule has 2 heteroatoms. The van der Waals surface area contributed by atoms with E-state index in [4.69, 9.17) is 0 Å². The summed E-state index contributed by atoms with van der Waals surface area (Å²) in [5.74, 6) is 0. The van der Waals surface area contributed by atoms with E-state index in [1.54, 1.807) is 0 Å². The standard InChI is InChI=1S/C12H15IN/c13-10-5-4-8-12(9-10)14-11-6-2-1-3-7-11/h4-5,9,11,14H,1-3,6-7H2. The van der Waals surface area contributed by atoms with E-state index in [-0.39, 0.29) is 0 Å². The third-order valence-electron chi connectivity index (χ3n) is 2.73. The van der Waals surface area contributed by atoms with E-state index in [2.05, 4.69) is 46.1 Å². The van der Waals surface area contributed by atoms with Gasteiger partial charge in [0.1, 0.15) is 0 Å². The first-order chi connectivity index (χ1) is 6.84. The zero-order chi connectivity index (χ0) is 9.80. The summed E-state index contributed by atoms with van der Waals surface area (Å²) in [4.78, 5) is 0. The van der Waals surface area contributed by atoms with Crippen molar-refractivity contribution < 1.29 is 0 Å². The average molecular weight is 300 g/mol. The van der Waals surface area contributed by atoms with Crippen molar-refractivity contribution in [3.05, 3.63) is 27.8 Å². The van der Waals surface area contributed by atoms with Crippen molar-refractivity contribution >= 4 is 28.3 Å². The monoisotopic (exact) mass is 300 g/mol. The van der Waals surface area contributed by atoms with Crippen LogP contribution >= 0.6 is 22.6 Å². The number of hydrogen-bond acceptors (Lipinski definition) is 1. The highest BCUT2D eigenvalue weighted by Crippen LogP contribution is 2.22. The summed E-state index contributed by atoms with van der Waals surface area (Å²) >= 11 is 2.34. The van der Waals surface area contributed by atoms with Crippen molar-refractivity contribution in [3.8, 4) is 0 Å². The maximum atomic E-state index is 3.56. The largest absolute Gasteiger partial charge is 0.382 e. The molecule has 1 aromatic rings. The molecule has 0 unspecified atom stereocenters. The van der Waals surface area contributed by atoms with Gasteiger partial charge in [0.05, 0.1) is 0 Å². The summed E-state index contributed by atoms with van der Waals surface area (Å²) < 4.78 is 1.28. The second-order valence-corrected chi connectivity index (χ2v) is 5.15. The molecule has 1 aromatic carbocycles. The van der Waals surface area contributed by atoms with Crippen molar-refractivity contribution in [2.45, 2.75) is 38.1 Å². The van der Waals surface area contributed by atoms with Crippen molar-refractivity contribution in [3.63, 3.8) is 0 Å². The first kappa shape index (κ1) is 10.3. The van der Waals surface area contributed by atoms with Gasteiger partial charge in [-0.05, 0) is 47.6 Å². The Hall–Kier alpha value is -0.250. The molecule has 14 heavy (non-hydrogen) atoms. The van der Waals surface area contributed by atoms with E-state index in [9.17, 15) is 0 Å². The molecule has 0 amide bonds. The fourth-order valence-corrected chi connectivity index (χ4v) is 2.48. The van der Waals surface area contributed by atoms with E-state index in [0.29, 0.717) is 6.04 Å². The van der Waals surface area contributed by atoms with Gasteiger partial charge in [-0.1, -0.05) is 25.3 Å². The van der Waals surface area contributed by atoms with Crippen LogP contribution in [0, 0.1) is 9.64 Å². The van der Waals surface area contributed by atoms with Gasteiger partial charge in [0.15, 0.2) is 0 Å². The number of hydrogen-bond donors (Lipinski definition) is 1. The predicted molar refractivity (Wildman–Crippen MR) is 68.5 cm³/mol. The van der Waals surface area contributed by atoms with Gasteiger partial charge in [-0.3, -0.25) is 0 Å². The lowest BCUT2D eigenvalue weighted by Gasteiger charge is -2.23. The lowest BCUT2D eigenvalue weighted by Crippen LogP contribution is -2.22. The Labute approximate surface area is 99.4 Å². The van der Waals surface area contributed by atoms with Crippen molar-refractivity contribution in [2.24, 2.45) is 0 Å². The molecular formula is C12H15IN. The number of anilines is 1. The second kappa shape index (κ2) is 5.01. The topological polar surface area (TPSA) is 12.0 Å². The van der Waals surface area contributed by atoms with E-state index in [0.717, 1.165) is 5.69 Å². The lowest BCUT2D eigenvalue weighted by molar-refractivity contribution is 0.462. The van der Waals surface area contributed by atoms with Gasteiger partial charge in [0.25, 0.3) is 0 Å². The smallest absolute Gasteiger partial charge is 0.0433 e. The second-order valence-electron chi connectivity index (χ2n) is 3.90. The molecule has 2 rings (SSSR count). The molecule has 1 saturated carbocycles. The fourth-order valence-electron chi connectivity index (χ4n) is 1.99. The molecule has 1 fully saturated rings. The molecule has 1 nitrogen and oxygen atoms in total. The first-order valence-electron chi connectivity index (χ1n) is 5.28. The summed E-state index contributed by atoms with van der Waals surface area (Å²) in [6, 6.07) is 10.2. The Kier molecular flexibility index (Phi) is 3.67. The van der Waals surface area contributed by atoms with Crippen LogP contribution in [0.5, 0.6) is 0 Å². The minimum atomic E-state index is 0.679. The maximum Gasteiger partial charge on any atom is 0.0433 e. The van der Waals surface area contributed by atoms with Gasteiger partial charge < -0.3 is 5.32 Å². The maximum absolute atomic E-state index is 3.56. The molecule has 1 aliphatic rings. The molecule has 0 bridgehead atoms. The molecule has 0 saturated heterocycles. The van der Waals surface area contributed by atoms with Gasteiger partial charge in [0, 0.05) is 21.4 Å². The average Bonchev–Trinajstić information content (AvgIpc) is 2.19. The Morgan fingerprint density at radius 3 is 2.79 bits per heavy atom. The minimum Gasteiger partial charge on any atom is -0.382 e. The van der Waals surface area contributed by atoms with Crippen LogP contribution in [-0.2, 0) is 0 Å². The van der Waals surface area contributed by atoms with E-state index in [1.165, 1.54) is 35.7 Å². The van der Waals surface area contributed by atoms with Crippen molar-refractivity contribution in [1.29, 1.82) is 0 Å². The minimum absolute atomic E-state index is 0.679. The summed E-state index contributed by atoms with van der Waals surface area (Å²) in [6.45, 7) is 0. The van der Waals surface area contributed by atoms with E-state index in [1.807, 2.05) is 6.07 Å². The third kappa shape index (κ3) is 2.87. The van der Waals surface area contributed by atoms with Crippen LogP contribution in [0.1, 0.15) is 32.1 Å². The fraction of sp³-hybridized carbons (Fsp3) is 0.500. The van der Waals surface area contributed by atoms with Crippen LogP contribution in [-0.4, -0.2) is 6.04 Å². The van der Waals surface area contributed by atoms with Crippen molar-refractivity contribution in [2.75, 3.05) is 5.32 Å². The van der Waals surface area contributed by atoms with E-state index >= 15 is 0 Å². The lowest BCUT2D eigenvalue weighted by atomic mass is 9.95. The van der Waals surface area contributed by atoms with Gasteiger partial charge in [-0.25, -0.2) is 0 Å². The van der Waals surface area contributed by atoms with Crippen LogP contribution < -0.4 is 5.32 Å². The van der Waals surface area contributed by atoms with Gasteiger partial charge in [0.2, 0.25) is 0 Å². The zero-order valence-electron chi connectivity index (χ0n) is 8.22. The van der Waals surface area contributed by atoms with Crippen LogP contribution in [0.2, 0.25) is 0 Å². The molecule has 75 valence electrons. The molecule has 1 N–H and O–H groups in total. The molecule has 0 aromatic heterocycles. The summed E-state index contributed by atoms with van der Waals surface area (Å²) in [5.41, 5.74) is 1.16. The van der Waals surface area contributed by atoms with E-state index < -0.39 is 0 Å². The van der Waals surface area contributed by atoms with Gasteiger partial charge in [-0.15, -0.1) is 0 Å². The molecule has 1 aliphatic carbocycles. The molecule has 0 aliphatic heterocycles. The normalized spacial score (nSPS) is 18.1. The summed E-state index contributed by atoms with van der Waals surface area (Å²) in [6.07, 6.45) is 6.80. The highest BCUT2D eigenvalue weighted by atomic mass is 127. The quantitative estimate of drug-likeness (QED) is 0.818. The van der Waals surface area contributed by atoms with Gasteiger partial charge in [-0.2, -0.15) is 0 Å². The Bertz CT molecular complexity index is 292. The Morgan fingerprint density at radius 2 is 2.07 bits per heavy atom. The Balaban J connectivity index is 1.95.